The molecule has 4 heteroatoms. The van der Waals surface area contributed by atoms with Crippen molar-refractivity contribution in [1.29, 1.82) is 5.26 Å². The molecular formula is C15H15Cl2NO. The van der Waals surface area contributed by atoms with Crippen LogP contribution in [0, 0.1) is 28.6 Å². The molecule has 2 aliphatic rings. The monoisotopic (exact) mass is 295 g/mol. The number of rotatable bonds is 2. The van der Waals surface area contributed by atoms with Gasteiger partial charge in [-0.3, -0.25) is 0 Å². The van der Waals surface area contributed by atoms with E-state index in [0.717, 1.165) is 19.3 Å². The molecule has 2 saturated carbocycles. The van der Waals surface area contributed by atoms with Crippen LogP contribution in [0.2, 0.25) is 10.0 Å². The first-order valence-electron chi connectivity index (χ1n) is 6.61. The van der Waals surface area contributed by atoms with E-state index >= 15 is 0 Å². The Labute approximate surface area is 122 Å². The van der Waals surface area contributed by atoms with E-state index in [1.54, 1.807) is 18.2 Å². The van der Waals surface area contributed by atoms with Crippen molar-refractivity contribution in [2.45, 2.75) is 31.8 Å². The minimum atomic E-state index is -0.894. The van der Waals surface area contributed by atoms with Gasteiger partial charge in [0.1, 0.15) is 6.10 Å². The van der Waals surface area contributed by atoms with Crippen molar-refractivity contribution in [2.75, 3.05) is 0 Å². The average molecular weight is 296 g/mol. The molecule has 0 saturated heterocycles. The van der Waals surface area contributed by atoms with Crippen molar-refractivity contribution in [1.82, 2.24) is 0 Å². The van der Waals surface area contributed by atoms with E-state index in [1.165, 1.54) is 6.42 Å². The molecule has 2 bridgehead atoms. The third-order valence-electron chi connectivity index (χ3n) is 4.87. The number of hydrogen-bond acceptors (Lipinski definition) is 2. The summed E-state index contributed by atoms with van der Waals surface area (Å²) in [4.78, 5) is 0. The third kappa shape index (κ3) is 1.88. The highest BCUT2D eigenvalue weighted by atomic mass is 35.5. The Bertz CT molecular complexity index is 533. The van der Waals surface area contributed by atoms with Crippen LogP contribution in [0.1, 0.15) is 37.4 Å². The molecule has 4 atom stereocenters. The maximum absolute atomic E-state index is 10.8. The summed E-state index contributed by atoms with van der Waals surface area (Å²) in [7, 11) is 0. The number of nitrogens with zero attached hydrogens (tertiary/aromatic N) is 1. The second-order valence-electron chi connectivity index (χ2n) is 5.77. The lowest BCUT2D eigenvalue weighted by molar-refractivity contribution is 0.0235. The molecule has 2 fully saturated rings. The first-order chi connectivity index (χ1) is 9.08. The molecule has 0 amide bonds. The van der Waals surface area contributed by atoms with Crippen molar-refractivity contribution in [2.24, 2.45) is 17.3 Å². The van der Waals surface area contributed by atoms with Crippen molar-refractivity contribution in [3.63, 3.8) is 0 Å². The molecule has 0 radical (unpaired) electrons. The van der Waals surface area contributed by atoms with Gasteiger partial charge in [-0.15, -0.1) is 0 Å². The molecule has 0 spiro atoms. The van der Waals surface area contributed by atoms with Gasteiger partial charge in [-0.1, -0.05) is 35.7 Å². The molecular weight excluding hydrogens is 281 g/mol. The summed E-state index contributed by atoms with van der Waals surface area (Å²) in [6.07, 6.45) is 3.12. The Hall–Kier alpha value is -0.750. The minimum Gasteiger partial charge on any atom is -0.387 e. The summed E-state index contributed by atoms with van der Waals surface area (Å²) in [5.41, 5.74) is -0.197. The van der Waals surface area contributed by atoms with Gasteiger partial charge >= 0.3 is 0 Å². The van der Waals surface area contributed by atoms with Crippen molar-refractivity contribution in [3.05, 3.63) is 33.8 Å². The van der Waals surface area contributed by atoms with E-state index in [0.29, 0.717) is 21.5 Å². The predicted molar refractivity (Wildman–Crippen MR) is 74.9 cm³/mol. The van der Waals surface area contributed by atoms with E-state index in [-0.39, 0.29) is 5.92 Å². The molecule has 0 aromatic heterocycles. The molecule has 100 valence electrons. The van der Waals surface area contributed by atoms with Crippen molar-refractivity contribution < 1.29 is 5.11 Å². The van der Waals surface area contributed by atoms with Gasteiger partial charge in [0, 0.05) is 15.6 Å². The molecule has 1 aromatic rings. The van der Waals surface area contributed by atoms with Gasteiger partial charge in [0.15, 0.2) is 0 Å². The van der Waals surface area contributed by atoms with Gasteiger partial charge in [-0.25, -0.2) is 0 Å². The third-order valence-corrected chi connectivity index (χ3v) is 5.52. The Morgan fingerprint density at radius 1 is 1.32 bits per heavy atom. The van der Waals surface area contributed by atoms with Gasteiger partial charge in [-0.05, 0) is 43.2 Å². The quantitative estimate of drug-likeness (QED) is 0.881. The van der Waals surface area contributed by atoms with E-state index < -0.39 is 11.5 Å². The van der Waals surface area contributed by atoms with E-state index in [4.69, 9.17) is 23.2 Å². The summed E-state index contributed by atoms with van der Waals surface area (Å²) >= 11 is 12.3. The molecule has 2 aliphatic carbocycles. The van der Waals surface area contributed by atoms with Crippen LogP contribution in [-0.2, 0) is 0 Å². The highest BCUT2D eigenvalue weighted by Gasteiger charge is 2.56. The lowest BCUT2D eigenvalue weighted by Crippen LogP contribution is -2.33. The van der Waals surface area contributed by atoms with Crippen LogP contribution in [-0.4, -0.2) is 5.11 Å². The molecule has 0 heterocycles. The molecule has 0 aliphatic heterocycles. The Morgan fingerprint density at radius 2 is 2.00 bits per heavy atom. The molecule has 4 unspecified atom stereocenters. The van der Waals surface area contributed by atoms with Crippen LogP contribution in [0.25, 0.3) is 0 Å². The van der Waals surface area contributed by atoms with Gasteiger partial charge in [0.2, 0.25) is 0 Å². The zero-order valence-corrected chi connectivity index (χ0v) is 12.0. The molecule has 2 nitrogen and oxygen atoms in total. The van der Waals surface area contributed by atoms with Crippen LogP contribution in [0.5, 0.6) is 0 Å². The standard InChI is InChI=1S/C15H15Cl2NO/c16-11-2-1-3-12(17)13(11)14(19)15(8-18)7-9-4-5-10(15)6-9/h1-3,9-10,14,19H,4-7H2. The molecule has 1 aromatic carbocycles. The maximum Gasteiger partial charge on any atom is 0.101 e. The smallest absolute Gasteiger partial charge is 0.101 e. The number of hydrogen-bond donors (Lipinski definition) is 1. The number of nitriles is 1. The Kier molecular flexibility index (Phi) is 3.25. The Morgan fingerprint density at radius 3 is 2.47 bits per heavy atom. The molecule has 1 N–H and O–H groups in total. The van der Waals surface area contributed by atoms with Crippen LogP contribution in [0.4, 0.5) is 0 Å². The molecule has 3 rings (SSSR count). The average Bonchev–Trinajstić information content (AvgIpc) is 2.99. The topological polar surface area (TPSA) is 44.0 Å². The number of benzene rings is 1. The fourth-order valence-electron chi connectivity index (χ4n) is 3.94. The summed E-state index contributed by atoms with van der Waals surface area (Å²) in [5.74, 6) is 0.838. The Balaban J connectivity index is 2.04. The number of halogens is 2. The second kappa shape index (κ2) is 4.66. The summed E-state index contributed by atoms with van der Waals surface area (Å²) in [5, 5.41) is 21.3. The summed E-state index contributed by atoms with van der Waals surface area (Å²) in [6.45, 7) is 0. The normalized spacial score (nSPS) is 34.2. The van der Waals surface area contributed by atoms with E-state index in [1.807, 2.05) is 0 Å². The maximum atomic E-state index is 10.8. The van der Waals surface area contributed by atoms with E-state index in [2.05, 4.69) is 6.07 Å². The second-order valence-corrected chi connectivity index (χ2v) is 6.58. The zero-order chi connectivity index (χ0) is 13.6. The minimum absolute atomic E-state index is 0.268. The fraction of sp³-hybridized carbons (Fsp3) is 0.533. The van der Waals surface area contributed by atoms with Gasteiger partial charge < -0.3 is 5.11 Å². The number of aliphatic hydroxyl groups excluding tert-OH is 1. The van der Waals surface area contributed by atoms with Crippen LogP contribution in [0.3, 0.4) is 0 Å². The van der Waals surface area contributed by atoms with Crippen LogP contribution < -0.4 is 0 Å². The highest BCUT2D eigenvalue weighted by Crippen LogP contribution is 2.61. The van der Waals surface area contributed by atoms with Crippen molar-refractivity contribution >= 4 is 23.2 Å². The fourth-order valence-corrected chi connectivity index (χ4v) is 4.54. The lowest BCUT2D eigenvalue weighted by Gasteiger charge is -2.36. The van der Waals surface area contributed by atoms with Crippen LogP contribution >= 0.6 is 23.2 Å². The van der Waals surface area contributed by atoms with Gasteiger partial charge in [0.25, 0.3) is 0 Å². The first-order valence-corrected chi connectivity index (χ1v) is 7.37. The summed E-state index contributed by atoms with van der Waals surface area (Å²) < 4.78 is 0. The predicted octanol–water partition coefficient (Wildman–Crippen LogP) is 4.36. The number of aliphatic hydroxyl groups is 1. The highest BCUT2D eigenvalue weighted by molar-refractivity contribution is 6.36. The zero-order valence-electron chi connectivity index (χ0n) is 10.4. The SMILES string of the molecule is N#CC1(C(O)c2c(Cl)cccc2Cl)CC2CCC1C2. The number of fused-ring (bicyclic) bond motifs is 2. The molecule has 19 heavy (non-hydrogen) atoms. The summed E-state index contributed by atoms with van der Waals surface area (Å²) in [6, 6.07) is 7.57. The van der Waals surface area contributed by atoms with Crippen LogP contribution in [0.15, 0.2) is 18.2 Å². The lowest BCUT2D eigenvalue weighted by atomic mass is 9.68. The largest absolute Gasteiger partial charge is 0.387 e. The first kappa shape index (κ1) is 13.2. The van der Waals surface area contributed by atoms with Crippen molar-refractivity contribution in [3.8, 4) is 6.07 Å². The van der Waals surface area contributed by atoms with Gasteiger partial charge in [0.05, 0.1) is 11.5 Å². The van der Waals surface area contributed by atoms with Gasteiger partial charge in [-0.2, -0.15) is 5.26 Å². The van der Waals surface area contributed by atoms with E-state index in [9.17, 15) is 10.4 Å².